The van der Waals surface area contributed by atoms with Crippen molar-refractivity contribution < 1.29 is 9.53 Å². The van der Waals surface area contributed by atoms with Gasteiger partial charge in [-0.25, -0.2) is 4.79 Å². The van der Waals surface area contributed by atoms with Crippen molar-refractivity contribution in [2.24, 2.45) is 0 Å². The van der Waals surface area contributed by atoms with Crippen LogP contribution in [-0.4, -0.2) is 19.3 Å². The van der Waals surface area contributed by atoms with Gasteiger partial charge in [-0.05, 0) is 42.2 Å². The molecule has 120 valence electrons. The van der Waals surface area contributed by atoms with Gasteiger partial charge in [-0.3, -0.25) is 4.90 Å². The molecule has 23 heavy (non-hydrogen) atoms. The molecule has 0 aliphatic carbocycles. The minimum absolute atomic E-state index is 0.113. The van der Waals surface area contributed by atoms with E-state index in [2.05, 4.69) is 30.4 Å². The maximum atomic E-state index is 12.3. The lowest BCUT2D eigenvalue weighted by Crippen LogP contribution is -2.40. The van der Waals surface area contributed by atoms with Gasteiger partial charge in [0.15, 0.2) is 6.73 Å². The number of urea groups is 1. The van der Waals surface area contributed by atoms with Gasteiger partial charge in [-0.15, -0.1) is 0 Å². The summed E-state index contributed by atoms with van der Waals surface area (Å²) in [7, 11) is 0. The highest BCUT2D eigenvalue weighted by molar-refractivity contribution is 5.94. The minimum Gasteiger partial charge on any atom is -0.473 e. The number of nitrogens with one attached hydrogen (secondary N) is 1. The number of rotatable bonds is 5. The molecule has 2 aromatic rings. The molecule has 0 radical (unpaired) electrons. The molecule has 1 N–H and O–H groups in total. The van der Waals surface area contributed by atoms with Crippen molar-refractivity contribution in [2.45, 2.75) is 26.2 Å². The van der Waals surface area contributed by atoms with Crippen molar-refractivity contribution in [2.75, 3.05) is 18.2 Å². The summed E-state index contributed by atoms with van der Waals surface area (Å²) in [5.41, 5.74) is 3.52. The molecular formula is C19H22N2O2. The second kappa shape index (κ2) is 7.18. The molecule has 1 aliphatic heterocycles. The Morgan fingerprint density at radius 3 is 2.74 bits per heavy atom. The standard InChI is InChI=1S/C19H22N2O2/c1-2-5-15-8-10-17(11-9-15)23-14-20-19(22)21-13-12-16-6-3-4-7-18(16)21/h3-4,6-11H,2,5,12-14H2,1H3,(H,20,22). The molecule has 0 bridgehead atoms. The highest BCUT2D eigenvalue weighted by Crippen LogP contribution is 2.27. The predicted octanol–water partition coefficient (Wildman–Crippen LogP) is 3.75. The Labute approximate surface area is 137 Å². The number of hydrogen-bond acceptors (Lipinski definition) is 2. The summed E-state index contributed by atoms with van der Waals surface area (Å²) in [5.74, 6) is 0.770. The average molecular weight is 310 g/mol. The molecule has 2 amide bonds. The quantitative estimate of drug-likeness (QED) is 0.855. The zero-order valence-electron chi connectivity index (χ0n) is 13.4. The van der Waals surface area contributed by atoms with Crippen LogP contribution in [0.3, 0.4) is 0 Å². The number of para-hydroxylation sites is 1. The lowest BCUT2D eigenvalue weighted by molar-refractivity contribution is 0.229. The highest BCUT2D eigenvalue weighted by atomic mass is 16.5. The van der Waals surface area contributed by atoms with Gasteiger partial charge in [-0.2, -0.15) is 0 Å². The van der Waals surface area contributed by atoms with Gasteiger partial charge >= 0.3 is 6.03 Å². The minimum atomic E-state index is -0.113. The monoisotopic (exact) mass is 310 g/mol. The van der Waals surface area contributed by atoms with Crippen molar-refractivity contribution in [1.29, 1.82) is 0 Å². The van der Waals surface area contributed by atoms with E-state index in [1.54, 1.807) is 4.90 Å². The third-order valence-electron chi connectivity index (χ3n) is 4.06. The van der Waals surface area contributed by atoms with Gasteiger partial charge < -0.3 is 10.1 Å². The van der Waals surface area contributed by atoms with E-state index in [0.717, 1.165) is 37.2 Å². The Balaban J connectivity index is 1.50. The van der Waals surface area contributed by atoms with Crippen LogP contribution in [0.4, 0.5) is 10.5 Å². The van der Waals surface area contributed by atoms with Crippen LogP contribution >= 0.6 is 0 Å². The SMILES string of the molecule is CCCc1ccc(OCNC(=O)N2CCc3ccccc32)cc1. The predicted molar refractivity (Wildman–Crippen MR) is 92.0 cm³/mol. The van der Waals surface area contributed by atoms with Crippen LogP contribution in [0.2, 0.25) is 0 Å². The Kier molecular flexibility index (Phi) is 4.81. The molecule has 4 nitrogen and oxygen atoms in total. The second-order valence-corrected chi connectivity index (χ2v) is 5.69. The van der Waals surface area contributed by atoms with E-state index < -0.39 is 0 Å². The van der Waals surface area contributed by atoms with Gasteiger partial charge in [0.1, 0.15) is 5.75 Å². The normalized spacial score (nSPS) is 12.8. The van der Waals surface area contributed by atoms with E-state index >= 15 is 0 Å². The number of carbonyl (C=O) groups is 1. The molecule has 1 aliphatic rings. The van der Waals surface area contributed by atoms with Crippen LogP contribution < -0.4 is 15.0 Å². The molecule has 3 rings (SSSR count). The van der Waals surface area contributed by atoms with Crippen LogP contribution in [-0.2, 0) is 12.8 Å². The number of amides is 2. The van der Waals surface area contributed by atoms with Gasteiger partial charge in [-0.1, -0.05) is 43.7 Å². The molecule has 2 aromatic carbocycles. The Hall–Kier alpha value is -2.49. The smallest absolute Gasteiger partial charge is 0.324 e. The largest absolute Gasteiger partial charge is 0.473 e. The van der Waals surface area contributed by atoms with Crippen LogP contribution in [0.1, 0.15) is 24.5 Å². The topological polar surface area (TPSA) is 41.6 Å². The fourth-order valence-corrected chi connectivity index (χ4v) is 2.87. The van der Waals surface area contributed by atoms with Gasteiger partial charge in [0.2, 0.25) is 0 Å². The number of benzene rings is 2. The van der Waals surface area contributed by atoms with E-state index in [9.17, 15) is 4.79 Å². The third-order valence-corrected chi connectivity index (χ3v) is 4.06. The second-order valence-electron chi connectivity index (χ2n) is 5.69. The number of carbonyl (C=O) groups excluding carboxylic acids is 1. The molecule has 0 unspecified atom stereocenters. The molecule has 1 heterocycles. The fraction of sp³-hybridized carbons (Fsp3) is 0.316. The van der Waals surface area contributed by atoms with Crippen LogP contribution in [0.15, 0.2) is 48.5 Å². The van der Waals surface area contributed by atoms with Crippen LogP contribution in [0.25, 0.3) is 0 Å². The summed E-state index contributed by atoms with van der Waals surface area (Å²) in [6, 6.07) is 15.9. The van der Waals surface area contributed by atoms with E-state index in [0.29, 0.717) is 0 Å². The summed E-state index contributed by atoms with van der Waals surface area (Å²) < 4.78 is 5.60. The first kappa shape index (κ1) is 15.4. The summed E-state index contributed by atoms with van der Waals surface area (Å²) in [4.78, 5) is 14.0. The first-order chi connectivity index (χ1) is 11.3. The highest BCUT2D eigenvalue weighted by Gasteiger charge is 2.23. The number of hydrogen-bond donors (Lipinski definition) is 1. The molecule has 0 saturated carbocycles. The number of aryl methyl sites for hydroxylation is 1. The lowest BCUT2D eigenvalue weighted by Gasteiger charge is -2.18. The molecule has 4 heteroatoms. The fourth-order valence-electron chi connectivity index (χ4n) is 2.87. The molecule has 0 spiro atoms. The summed E-state index contributed by atoms with van der Waals surface area (Å²) in [6.07, 6.45) is 3.11. The molecule has 0 atom stereocenters. The zero-order chi connectivity index (χ0) is 16.1. The Bertz CT molecular complexity index is 667. The molecule has 0 fully saturated rings. The van der Waals surface area contributed by atoms with E-state index in [1.807, 2.05) is 30.3 Å². The molecule has 0 saturated heterocycles. The number of ether oxygens (including phenoxy) is 1. The van der Waals surface area contributed by atoms with Gasteiger partial charge in [0.25, 0.3) is 0 Å². The average Bonchev–Trinajstić information content (AvgIpc) is 3.01. The molecule has 0 aromatic heterocycles. The summed E-state index contributed by atoms with van der Waals surface area (Å²) in [5, 5.41) is 2.82. The number of fused-ring (bicyclic) bond motifs is 1. The Morgan fingerprint density at radius 1 is 1.17 bits per heavy atom. The van der Waals surface area contributed by atoms with Crippen molar-refractivity contribution in [3.05, 3.63) is 59.7 Å². The Morgan fingerprint density at radius 2 is 1.96 bits per heavy atom. The van der Waals surface area contributed by atoms with Crippen LogP contribution in [0, 0.1) is 0 Å². The van der Waals surface area contributed by atoms with Crippen molar-refractivity contribution in [3.8, 4) is 5.75 Å². The third kappa shape index (κ3) is 3.65. The number of anilines is 1. The number of nitrogens with zero attached hydrogens (tertiary/aromatic N) is 1. The first-order valence-electron chi connectivity index (χ1n) is 8.13. The summed E-state index contributed by atoms with van der Waals surface area (Å²) >= 11 is 0. The maximum Gasteiger partial charge on any atom is 0.324 e. The van der Waals surface area contributed by atoms with Crippen molar-refractivity contribution in [3.63, 3.8) is 0 Å². The van der Waals surface area contributed by atoms with Crippen molar-refractivity contribution >= 4 is 11.7 Å². The molecular weight excluding hydrogens is 288 g/mol. The first-order valence-corrected chi connectivity index (χ1v) is 8.13. The van der Waals surface area contributed by atoms with E-state index in [4.69, 9.17) is 4.74 Å². The van der Waals surface area contributed by atoms with E-state index in [1.165, 1.54) is 11.1 Å². The van der Waals surface area contributed by atoms with E-state index in [-0.39, 0.29) is 12.8 Å². The lowest BCUT2D eigenvalue weighted by atomic mass is 10.1. The summed E-state index contributed by atoms with van der Waals surface area (Å²) in [6.45, 7) is 3.05. The zero-order valence-corrected chi connectivity index (χ0v) is 13.4. The van der Waals surface area contributed by atoms with Crippen molar-refractivity contribution in [1.82, 2.24) is 5.32 Å². The van der Waals surface area contributed by atoms with Crippen LogP contribution in [0.5, 0.6) is 5.75 Å². The van der Waals surface area contributed by atoms with Gasteiger partial charge in [0, 0.05) is 12.2 Å². The van der Waals surface area contributed by atoms with Gasteiger partial charge in [0.05, 0.1) is 0 Å². The maximum absolute atomic E-state index is 12.3.